The number of hydrogen-bond acceptors (Lipinski definition) is 3. The number of aryl methyl sites for hydroxylation is 1. The van der Waals surface area contributed by atoms with Crippen molar-refractivity contribution in [3.8, 4) is 0 Å². The quantitative estimate of drug-likeness (QED) is 0.465. The molecule has 0 amide bonds. The van der Waals surface area contributed by atoms with Crippen LogP contribution in [0.15, 0.2) is 17.1 Å². The fraction of sp³-hybridized carbons (Fsp3) is 0.200. The summed E-state index contributed by atoms with van der Waals surface area (Å²) in [7, 11) is 0. The monoisotopic (exact) mass is 125 g/mol. The maximum Gasteiger partial charge on any atom is 0.271 e. The standard InChI is InChI=1S/C5H7N3O/c1-4-7-3-2-5(9)8(4)6/h2-3H,6H2,1H3. The predicted molar refractivity (Wildman–Crippen MR) is 33.4 cm³/mol. The summed E-state index contributed by atoms with van der Waals surface area (Å²) in [5, 5.41) is 0. The number of hydrogen-bond donors (Lipinski definition) is 1. The van der Waals surface area contributed by atoms with Crippen LogP contribution in [0.3, 0.4) is 0 Å². The average molecular weight is 125 g/mol. The van der Waals surface area contributed by atoms with Crippen LogP contribution in [0, 0.1) is 6.92 Å². The molecule has 0 atom stereocenters. The van der Waals surface area contributed by atoms with Crippen LogP contribution in [0.2, 0.25) is 0 Å². The van der Waals surface area contributed by atoms with Crippen LogP contribution in [0.4, 0.5) is 0 Å². The lowest BCUT2D eigenvalue weighted by Gasteiger charge is -1.97. The van der Waals surface area contributed by atoms with Crippen molar-refractivity contribution in [1.82, 2.24) is 9.66 Å². The lowest BCUT2D eigenvalue weighted by molar-refractivity contribution is 0.830. The molecule has 48 valence electrons. The fourth-order valence-electron chi connectivity index (χ4n) is 0.511. The van der Waals surface area contributed by atoms with Gasteiger partial charge in [0.1, 0.15) is 5.82 Å². The summed E-state index contributed by atoms with van der Waals surface area (Å²) in [5.74, 6) is 5.74. The molecular weight excluding hydrogens is 118 g/mol. The van der Waals surface area contributed by atoms with Gasteiger partial charge >= 0.3 is 0 Å². The third kappa shape index (κ3) is 0.910. The van der Waals surface area contributed by atoms with Crippen LogP contribution in [0.5, 0.6) is 0 Å². The summed E-state index contributed by atoms with van der Waals surface area (Å²) in [6.07, 6.45) is 1.43. The number of nitrogens with zero attached hydrogens (tertiary/aromatic N) is 2. The van der Waals surface area contributed by atoms with E-state index < -0.39 is 0 Å². The van der Waals surface area contributed by atoms with Gasteiger partial charge in [-0.2, -0.15) is 0 Å². The molecule has 0 fully saturated rings. The van der Waals surface area contributed by atoms with Gasteiger partial charge in [-0.3, -0.25) is 4.79 Å². The number of aromatic nitrogens is 2. The zero-order chi connectivity index (χ0) is 6.85. The van der Waals surface area contributed by atoms with Crippen molar-refractivity contribution < 1.29 is 0 Å². The molecule has 9 heavy (non-hydrogen) atoms. The van der Waals surface area contributed by atoms with Gasteiger partial charge < -0.3 is 5.84 Å². The molecule has 1 aromatic rings. The molecule has 4 heteroatoms. The molecule has 1 heterocycles. The van der Waals surface area contributed by atoms with Gasteiger partial charge in [0.2, 0.25) is 0 Å². The summed E-state index contributed by atoms with van der Waals surface area (Å²) in [6, 6.07) is 1.31. The van der Waals surface area contributed by atoms with Gasteiger partial charge in [0, 0.05) is 12.3 Å². The van der Waals surface area contributed by atoms with E-state index in [9.17, 15) is 4.79 Å². The molecule has 0 aliphatic heterocycles. The number of rotatable bonds is 0. The molecule has 0 aromatic carbocycles. The first kappa shape index (κ1) is 5.81. The predicted octanol–water partition coefficient (Wildman–Crippen LogP) is -0.734. The highest BCUT2D eigenvalue weighted by molar-refractivity contribution is 4.90. The molecule has 1 aromatic heterocycles. The van der Waals surface area contributed by atoms with Crippen LogP contribution >= 0.6 is 0 Å². The van der Waals surface area contributed by atoms with E-state index >= 15 is 0 Å². The van der Waals surface area contributed by atoms with Crippen molar-refractivity contribution >= 4 is 0 Å². The molecule has 1 rings (SSSR count). The first-order chi connectivity index (χ1) is 4.22. The van der Waals surface area contributed by atoms with Crippen molar-refractivity contribution in [1.29, 1.82) is 0 Å². The summed E-state index contributed by atoms with van der Waals surface area (Å²) < 4.78 is 1.00. The van der Waals surface area contributed by atoms with E-state index in [0.717, 1.165) is 4.68 Å². The summed E-state index contributed by atoms with van der Waals surface area (Å²) in [5.41, 5.74) is -0.234. The lowest BCUT2D eigenvalue weighted by Crippen LogP contribution is -2.28. The zero-order valence-corrected chi connectivity index (χ0v) is 5.03. The first-order valence-electron chi connectivity index (χ1n) is 2.51. The van der Waals surface area contributed by atoms with E-state index in [4.69, 9.17) is 5.84 Å². The van der Waals surface area contributed by atoms with Crippen LogP contribution in [0.1, 0.15) is 5.82 Å². The van der Waals surface area contributed by atoms with Crippen molar-refractivity contribution in [3.63, 3.8) is 0 Å². The topological polar surface area (TPSA) is 60.9 Å². The summed E-state index contributed by atoms with van der Waals surface area (Å²) in [6.45, 7) is 1.67. The lowest BCUT2D eigenvalue weighted by atomic mass is 10.6. The van der Waals surface area contributed by atoms with Gasteiger partial charge in [-0.15, -0.1) is 0 Å². The smallest absolute Gasteiger partial charge is 0.271 e. The van der Waals surface area contributed by atoms with Crippen molar-refractivity contribution in [2.45, 2.75) is 6.92 Å². The van der Waals surface area contributed by atoms with Gasteiger partial charge in [0.15, 0.2) is 0 Å². The Kier molecular flexibility index (Phi) is 1.22. The van der Waals surface area contributed by atoms with Crippen LogP contribution in [0.25, 0.3) is 0 Å². The molecule has 4 nitrogen and oxygen atoms in total. The molecule has 0 bridgehead atoms. The normalized spacial score (nSPS) is 9.44. The van der Waals surface area contributed by atoms with Crippen molar-refractivity contribution in [3.05, 3.63) is 28.4 Å². The Labute approximate surface area is 51.9 Å². The second kappa shape index (κ2) is 1.89. The molecule has 2 N–H and O–H groups in total. The van der Waals surface area contributed by atoms with Gasteiger partial charge in [-0.1, -0.05) is 0 Å². The van der Waals surface area contributed by atoms with E-state index in [1.807, 2.05) is 0 Å². The fourth-order valence-corrected chi connectivity index (χ4v) is 0.511. The summed E-state index contributed by atoms with van der Waals surface area (Å²) in [4.78, 5) is 14.4. The van der Waals surface area contributed by atoms with Gasteiger partial charge in [-0.05, 0) is 6.92 Å². The van der Waals surface area contributed by atoms with Crippen LogP contribution in [-0.2, 0) is 0 Å². The molecule has 0 spiro atoms. The van der Waals surface area contributed by atoms with E-state index in [1.165, 1.54) is 12.3 Å². The SMILES string of the molecule is Cc1nccc(=O)n1N. The Morgan fingerprint density at radius 1 is 1.78 bits per heavy atom. The second-order valence-corrected chi connectivity index (χ2v) is 1.70. The third-order valence-electron chi connectivity index (χ3n) is 1.06. The third-order valence-corrected chi connectivity index (χ3v) is 1.06. The van der Waals surface area contributed by atoms with E-state index in [0.29, 0.717) is 5.82 Å². The molecule has 0 unspecified atom stereocenters. The minimum atomic E-state index is -0.234. The first-order valence-corrected chi connectivity index (χ1v) is 2.51. The maximum absolute atomic E-state index is 10.6. The van der Waals surface area contributed by atoms with Gasteiger partial charge in [0.05, 0.1) is 0 Å². The Morgan fingerprint density at radius 2 is 2.44 bits per heavy atom. The Morgan fingerprint density at radius 3 is 2.89 bits per heavy atom. The molecular formula is C5H7N3O. The van der Waals surface area contributed by atoms with E-state index in [1.54, 1.807) is 6.92 Å². The molecule has 0 radical (unpaired) electrons. The highest BCUT2D eigenvalue weighted by Gasteiger charge is 1.90. The molecule has 0 saturated carbocycles. The largest absolute Gasteiger partial charge is 0.335 e. The Bertz CT molecular complexity index is 265. The van der Waals surface area contributed by atoms with Crippen LogP contribution < -0.4 is 11.4 Å². The van der Waals surface area contributed by atoms with E-state index in [2.05, 4.69) is 4.98 Å². The van der Waals surface area contributed by atoms with Crippen molar-refractivity contribution in [2.75, 3.05) is 5.84 Å². The number of nitrogens with two attached hydrogens (primary N) is 1. The minimum Gasteiger partial charge on any atom is -0.335 e. The zero-order valence-electron chi connectivity index (χ0n) is 5.03. The minimum absolute atomic E-state index is 0.234. The maximum atomic E-state index is 10.6. The average Bonchev–Trinajstić information content (AvgIpc) is 1.83. The highest BCUT2D eigenvalue weighted by atomic mass is 16.1. The second-order valence-electron chi connectivity index (χ2n) is 1.70. The Balaban J connectivity index is 3.43. The highest BCUT2D eigenvalue weighted by Crippen LogP contribution is 1.77. The Hall–Kier alpha value is -1.32. The van der Waals surface area contributed by atoms with Gasteiger partial charge in [-0.25, -0.2) is 9.66 Å². The summed E-state index contributed by atoms with van der Waals surface area (Å²) >= 11 is 0. The molecule has 0 aliphatic rings. The van der Waals surface area contributed by atoms with E-state index in [-0.39, 0.29) is 5.56 Å². The molecule has 0 saturated heterocycles. The van der Waals surface area contributed by atoms with Gasteiger partial charge in [0.25, 0.3) is 5.56 Å². The van der Waals surface area contributed by atoms with Crippen molar-refractivity contribution in [2.24, 2.45) is 0 Å². The van der Waals surface area contributed by atoms with Crippen LogP contribution in [-0.4, -0.2) is 9.66 Å². The number of nitrogen functional groups attached to an aromatic ring is 1. The molecule has 0 aliphatic carbocycles.